The maximum atomic E-state index is 14.0. The lowest BCUT2D eigenvalue weighted by Gasteiger charge is -2.63. The molecule has 2 fully saturated rings. The van der Waals surface area contributed by atoms with Gasteiger partial charge in [-0.05, 0) is 72.0 Å². The molecule has 15 nitrogen and oxygen atoms in total. The number of β-amino-alcohol motifs (C(OH)–C–C–N with tert-alkyl or cyclic N) is 1. The fourth-order valence-electron chi connectivity index (χ4n) is 9.52. The van der Waals surface area contributed by atoms with E-state index in [-0.39, 0.29) is 50.8 Å². The highest BCUT2D eigenvalue weighted by Gasteiger charge is 2.64. The lowest BCUT2D eigenvalue weighted by atomic mass is 9.49. The van der Waals surface area contributed by atoms with Crippen molar-refractivity contribution < 1.29 is 42.9 Å². The van der Waals surface area contributed by atoms with Crippen LogP contribution < -0.4 is 25.4 Å². The van der Waals surface area contributed by atoms with Crippen LogP contribution in [0.15, 0.2) is 102 Å². The van der Waals surface area contributed by atoms with Gasteiger partial charge in [0.15, 0.2) is 12.2 Å². The monoisotopic (exact) mass is 958 g/mol. The molecule has 1 saturated carbocycles. The number of hydrogen-bond acceptors (Lipinski definition) is 11. The second-order valence-corrected chi connectivity index (χ2v) is 20.4. The lowest BCUT2D eigenvalue weighted by molar-refractivity contribution is -0.164. The standard InChI is InChI=1S/C53H59ClN6O9/c1-31-44(67-30-57-31)34-13-9-32(10-14-34)26-56-47(64)42-23-37(61)27-60(42)48(65)45(51(2,3)4)58-43(62)29-66-28-33-11-18-38(19-12-33)68-39-20-15-35(16-21-39)46(63)59-49-52(5,6)50(53(49,7)8)69-40-22-17-36(25-55)41(54)24-40/h9-22,24,30,37,42,45,49-50,61H,23,26-29H2,1-8H3,(H,56,64)(H,58,62)(H,59,63)/t37-,42+,45-,49?,50?/m1/s1. The number of hydrogen-bond donors (Lipinski definition) is 4. The van der Waals surface area contributed by atoms with Crippen molar-refractivity contribution in [3.05, 3.63) is 130 Å². The predicted molar refractivity (Wildman–Crippen MR) is 258 cm³/mol. The molecule has 0 spiro atoms. The number of halogens is 1. The molecule has 0 unspecified atom stereocenters. The number of ether oxygens (including phenoxy) is 3. The molecule has 69 heavy (non-hydrogen) atoms. The smallest absolute Gasteiger partial charge is 0.251 e. The number of rotatable bonds is 16. The Morgan fingerprint density at radius 3 is 2.14 bits per heavy atom. The minimum absolute atomic E-state index is 0.0424. The molecule has 16 heteroatoms. The molecule has 4 amide bonds. The highest BCUT2D eigenvalue weighted by Crippen LogP contribution is 2.55. The van der Waals surface area contributed by atoms with Crippen LogP contribution in [0.25, 0.3) is 11.3 Å². The number of benzene rings is 4. The number of nitrogens with one attached hydrogen (secondary N) is 3. The number of likely N-dealkylation sites (tertiary alicyclic amines) is 1. The maximum Gasteiger partial charge on any atom is 0.251 e. The van der Waals surface area contributed by atoms with E-state index >= 15 is 0 Å². The van der Waals surface area contributed by atoms with Crippen LogP contribution in [0, 0.1) is 34.5 Å². The van der Waals surface area contributed by atoms with E-state index in [2.05, 4.69) is 27.0 Å². The Bertz CT molecular complexity index is 2690. The average molecular weight is 960 g/mol. The van der Waals surface area contributed by atoms with Crippen molar-refractivity contribution in [2.75, 3.05) is 13.2 Å². The van der Waals surface area contributed by atoms with Crippen molar-refractivity contribution in [3.63, 3.8) is 0 Å². The number of aryl methyl sites for hydroxylation is 1. The summed E-state index contributed by atoms with van der Waals surface area (Å²) >= 11 is 6.24. The fraction of sp³-hybridized carbons (Fsp3) is 0.396. The van der Waals surface area contributed by atoms with Gasteiger partial charge in [-0.2, -0.15) is 5.26 Å². The summed E-state index contributed by atoms with van der Waals surface area (Å²) in [4.78, 5) is 59.6. The van der Waals surface area contributed by atoms with Gasteiger partial charge in [-0.3, -0.25) is 19.2 Å². The number of amides is 4. The molecule has 362 valence electrons. The summed E-state index contributed by atoms with van der Waals surface area (Å²) in [7, 11) is 0. The Labute approximate surface area is 407 Å². The van der Waals surface area contributed by atoms with Crippen molar-refractivity contribution in [1.82, 2.24) is 25.8 Å². The van der Waals surface area contributed by atoms with Gasteiger partial charge in [0.25, 0.3) is 5.91 Å². The zero-order chi connectivity index (χ0) is 49.8. The first kappa shape index (κ1) is 50.2. The Hall–Kier alpha value is -6.73. The van der Waals surface area contributed by atoms with Crippen LogP contribution in [0.4, 0.5) is 0 Å². The second kappa shape index (κ2) is 20.5. The van der Waals surface area contributed by atoms with Crippen molar-refractivity contribution in [2.24, 2.45) is 16.2 Å². The van der Waals surface area contributed by atoms with Crippen molar-refractivity contribution in [2.45, 2.75) is 105 Å². The third-order valence-electron chi connectivity index (χ3n) is 12.9. The lowest BCUT2D eigenvalue weighted by Crippen LogP contribution is -2.74. The van der Waals surface area contributed by atoms with Gasteiger partial charge in [0.1, 0.15) is 48.1 Å². The van der Waals surface area contributed by atoms with Gasteiger partial charge in [-0.1, -0.05) is 96.5 Å². The van der Waals surface area contributed by atoms with Crippen LogP contribution in [0.3, 0.4) is 0 Å². The van der Waals surface area contributed by atoms with Crippen molar-refractivity contribution in [3.8, 4) is 34.6 Å². The van der Waals surface area contributed by atoms with Crippen LogP contribution in [0.5, 0.6) is 17.2 Å². The van der Waals surface area contributed by atoms with E-state index in [1.807, 2.05) is 91.8 Å². The quantitative estimate of drug-likeness (QED) is 0.0748. The first-order chi connectivity index (χ1) is 32.6. The van der Waals surface area contributed by atoms with E-state index in [4.69, 9.17) is 30.2 Å². The molecule has 0 radical (unpaired) electrons. The number of nitriles is 1. The normalized spacial score (nSPS) is 19.6. The van der Waals surface area contributed by atoms with E-state index in [1.165, 1.54) is 11.3 Å². The number of aromatic nitrogens is 1. The number of carbonyl (C=O) groups excluding carboxylic acids is 4. The molecule has 0 bridgehead atoms. The van der Waals surface area contributed by atoms with Crippen LogP contribution in [-0.4, -0.2) is 82.1 Å². The predicted octanol–water partition coefficient (Wildman–Crippen LogP) is 7.91. The second-order valence-electron chi connectivity index (χ2n) is 20.0. The van der Waals surface area contributed by atoms with Crippen LogP contribution in [0.2, 0.25) is 5.02 Å². The van der Waals surface area contributed by atoms with Crippen LogP contribution >= 0.6 is 11.6 Å². The highest BCUT2D eigenvalue weighted by molar-refractivity contribution is 6.31. The van der Waals surface area contributed by atoms with Gasteiger partial charge in [-0.15, -0.1) is 0 Å². The number of oxazole rings is 1. The third kappa shape index (κ3) is 11.4. The summed E-state index contributed by atoms with van der Waals surface area (Å²) in [5.41, 5.74) is 2.54. The molecule has 3 atom stereocenters. The summed E-state index contributed by atoms with van der Waals surface area (Å²) in [6.45, 7) is 15.5. The summed E-state index contributed by atoms with van der Waals surface area (Å²) in [6, 6.07) is 26.5. The van der Waals surface area contributed by atoms with Crippen molar-refractivity contribution in [1.29, 1.82) is 5.26 Å². The molecule has 4 aromatic carbocycles. The average Bonchev–Trinajstić information content (AvgIpc) is 3.93. The van der Waals surface area contributed by atoms with Gasteiger partial charge in [0.05, 0.1) is 29.0 Å². The van der Waals surface area contributed by atoms with Crippen LogP contribution in [0.1, 0.15) is 87.6 Å². The molecule has 1 aliphatic heterocycles. The number of aliphatic hydroxyl groups excluding tert-OH is 1. The van der Waals surface area contributed by atoms with Crippen LogP contribution in [-0.2, 0) is 32.3 Å². The Balaban J connectivity index is 0.859. The zero-order valence-electron chi connectivity index (χ0n) is 40.1. The SMILES string of the molecule is Cc1ncoc1-c1ccc(CNC(=O)[C@@H]2C[C@@H](O)CN2C(=O)[C@@H](NC(=O)COCc2ccc(Oc3ccc(C(=O)NC4C(C)(C)C(Oc5ccc(C#N)c(Cl)c5)C4(C)C)cc3)cc2)C(C)(C)C)cc1. The van der Waals surface area contributed by atoms with E-state index in [9.17, 15) is 29.5 Å². The summed E-state index contributed by atoms with van der Waals surface area (Å²) in [5, 5.41) is 29.0. The zero-order valence-corrected chi connectivity index (χ0v) is 40.8. The molecule has 1 aliphatic carbocycles. The Morgan fingerprint density at radius 2 is 1.55 bits per heavy atom. The molecule has 4 N–H and O–H groups in total. The topological polar surface area (TPSA) is 205 Å². The van der Waals surface area contributed by atoms with E-state index in [0.29, 0.717) is 39.2 Å². The van der Waals surface area contributed by atoms with Gasteiger partial charge in [-0.25, -0.2) is 4.98 Å². The first-order valence-electron chi connectivity index (χ1n) is 22.8. The first-order valence-corrected chi connectivity index (χ1v) is 23.2. The Kier molecular flexibility index (Phi) is 14.9. The molecule has 1 aromatic heterocycles. The summed E-state index contributed by atoms with van der Waals surface area (Å²) < 4.78 is 23.6. The van der Waals surface area contributed by atoms with Gasteiger partial charge in [0, 0.05) is 53.6 Å². The number of aliphatic hydroxyl groups is 1. The van der Waals surface area contributed by atoms with Gasteiger partial charge < -0.3 is 44.6 Å². The molecule has 2 heterocycles. The minimum atomic E-state index is -1.00. The summed E-state index contributed by atoms with van der Waals surface area (Å²) in [6.07, 6.45) is 0.331. The molecule has 2 aliphatic rings. The fourth-order valence-corrected chi connectivity index (χ4v) is 9.73. The van der Waals surface area contributed by atoms with Gasteiger partial charge in [0.2, 0.25) is 17.7 Å². The molecule has 1 saturated heterocycles. The molecule has 7 rings (SSSR count). The highest BCUT2D eigenvalue weighted by atomic mass is 35.5. The minimum Gasteiger partial charge on any atom is -0.489 e. The Morgan fingerprint density at radius 1 is 0.928 bits per heavy atom. The van der Waals surface area contributed by atoms with Crippen molar-refractivity contribution >= 4 is 35.2 Å². The summed E-state index contributed by atoms with van der Waals surface area (Å²) in [5.74, 6) is 0.721. The maximum absolute atomic E-state index is 14.0. The third-order valence-corrected chi connectivity index (χ3v) is 13.2. The molecular weight excluding hydrogens is 900 g/mol. The van der Waals surface area contributed by atoms with E-state index in [0.717, 1.165) is 22.4 Å². The number of nitrogens with zero attached hydrogens (tertiary/aromatic N) is 3. The van der Waals surface area contributed by atoms with E-state index in [1.54, 1.807) is 54.6 Å². The molecule has 5 aromatic rings. The largest absolute Gasteiger partial charge is 0.489 e. The van der Waals surface area contributed by atoms with E-state index < -0.39 is 52.2 Å². The molecular formula is C53H59ClN6O9. The number of carbonyl (C=O) groups is 4. The van der Waals surface area contributed by atoms with Gasteiger partial charge >= 0.3 is 0 Å².